The Labute approximate surface area is 204 Å². The monoisotopic (exact) mass is 500 g/mol. The fourth-order valence-corrected chi connectivity index (χ4v) is 5.94. The Bertz CT molecular complexity index is 1220. The van der Waals surface area contributed by atoms with Crippen LogP contribution in [0.4, 0.5) is 5.69 Å². The van der Waals surface area contributed by atoms with Gasteiger partial charge in [0.05, 0.1) is 28.7 Å². The molecule has 0 saturated carbocycles. The quantitative estimate of drug-likeness (QED) is 0.537. The summed E-state index contributed by atoms with van der Waals surface area (Å²) < 4.78 is 38.0. The van der Waals surface area contributed by atoms with Crippen LogP contribution < -0.4 is 4.31 Å². The van der Waals surface area contributed by atoms with Crippen LogP contribution >= 0.6 is 0 Å². The number of hydrogen-bond acceptors (Lipinski definition) is 7. The fourth-order valence-electron chi connectivity index (χ4n) is 4.40. The van der Waals surface area contributed by atoms with E-state index in [1.165, 1.54) is 28.6 Å². The highest BCUT2D eigenvalue weighted by Gasteiger charge is 2.31. The summed E-state index contributed by atoms with van der Waals surface area (Å²) >= 11 is 0. The van der Waals surface area contributed by atoms with Gasteiger partial charge >= 0.3 is 11.9 Å². The molecule has 9 nitrogen and oxygen atoms in total. The van der Waals surface area contributed by atoms with Crippen molar-refractivity contribution < 1.29 is 32.3 Å². The zero-order valence-corrected chi connectivity index (χ0v) is 20.3. The van der Waals surface area contributed by atoms with E-state index in [0.29, 0.717) is 51.2 Å². The van der Waals surface area contributed by atoms with Crippen molar-refractivity contribution in [3.8, 4) is 0 Å². The molecule has 2 aliphatic heterocycles. The first-order valence-electron chi connectivity index (χ1n) is 11.6. The number of amides is 1. The second kappa shape index (κ2) is 10.5. The summed E-state index contributed by atoms with van der Waals surface area (Å²) in [5.74, 6) is -1.62. The van der Waals surface area contributed by atoms with Crippen LogP contribution in [0.5, 0.6) is 0 Å². The van der Waals surface area contributed by atoms with Crippen LogP contribution in [0.15, 0.2) is 53.4 Å². The van der Waals surface area contributed by atoms with Gasteiger partial charge < -0.3 is 14.4 Å². The van der Waals surface area contributed by atoms with Crippen LogP contribution in [0.1, 0.15) is 35.7 Å². The molecule has 0 aromatic heterocycles. The number of rotatable bonds is 7. The number of para-hydroxylation sites is 1. The third kappa shape index (κ3) is 5.32. The Hall–Kier alpha value is -3.40. The minimum atomic E-state index is -3.86. The lowest BCUT2D eigenvalue weighted by Crippen LogP contribution is -2.42. The molecule has 0 spiro atoms. The molecule has 186 valence electrons. The Balaban J connectivity index is 1.36. The van der Waals surface area contributed by atoms with Crippen molar-refractivity contribution in [1.82, 2.24) is 4.90 Å². The number of fused-ring (bicyclic) bond motifs is 1. The van der Waals surface area contributed by atoms with E-state index in [4.69, 9.17) is 9.47 Å². The fraction of sp³-hybridized carbons (Fsp3) is 0.400. The Morgan fingerprint density at radius 1 is 0.971 bits per heavy atom. The summed E-state index contributed by atoms with van der Waals surface area (Å²) in [4.78, 5) is 38.4. The van der Waals surface area contributed by atoms with Crippen molar-refractivity contribution >= 4 is 33.6 Å². The highest BCUT2D eigenvalue weighted by atomic mass is 32.2. The third-order valence-corrected chi connectivity index (χ3v) is 8.11. The van der Waals surface area contributed by atoms with Gasteiger partial charge in [0, 0.05) is 19.6 Å². The van der Waals surface area contributed by atoms with E-state index in [1.807, 2.05) is 12.1 Å². The van der Waals surface area contributed by atoms with E-state index in [0.717, 1.165) is 5.56 Å². The molecule has 2 aromatic rings. The van der Waals surface area contributed by atoms with Crippen LogP contribution in [-0.4, -0.2) is 64.0 Å². The molecule has 35 heavy (non-hydrogen) atoms. The number of sulfonamides is 1. The maximum atomic E-state index is 13.2. The summed E-state index contributed by atoms with van der Waals surface area (Å²) in [6, 6.07) is 13.0. The topological polar surface area (TPSA) is 110 Å². The largest absolute Gasteiger partial charge is 0.466 e. The summed E-state index contributed by atoms with van der Waals surface area (Å²) in [5, 5.41) is 0. The Morgan fingerprint density at radius 2 is 1.71 bits per heavy atom. The molecule has 0 N–H and O–H groups in total. The van der Waals surface area contributed by atoms with Crippen LogP contribution in [0.3, 0.4) is 0 Å². The molecule has 0 atom stereocenters. The van der Waals surface area contributed by atoms with E-state index in [2.05, 4.69) is 0 Å². The van der Waals surface area contributed by atoms with Crippen molar-refractivity contribution in [1.29, 1.82) is 0 Å². The first-order valence-corrected chi connectivity index (χ1v) is 13.1. The second-order valence-corrected chi connectivity index (χ2v) is 10.3. The first-order chi connectivity index (χ1) is 16.8. The molecule has 1 saturated heterocycles. The van der Waals surface area contributed by atoms with Gasteiger partial charge in [-0.1, -0.05) is 24.3 Å². The lowest BCUT2D eigenvalue weighted by atomic mass is 9.97. The molecular formula is C25H28N2O7S. The van der Waals surface area contributed by atoms with Gasteiger partial charge in [-0.25, -0.2) is 13.2 Å². The van der Waals surface area contributed by atoms with Crippen LogP contribution in [0.25, 0.3) is 0 Å². The number of benzene rings is 2. The van der Waals surface area contributed by atoms with Crippen molar-refractivity contribution in [3.05, 3.63) is 59.7 Å². The van der Waals surface area contributed by atoms with Gasteiger partial charge in [0.15, 0.2) is 6.61 Å². The van der Waals surface area contributed by atoms with Crippen molar-refractivity contribution in [2.75, 3.05) is 37.2 Å². The number of ether oxygens (including phenoxy) is 2. The minimum absolute atomic E-state index is 0.0176. The number of carbonyl (C=O) groups excluding carboxylic acids is 3. The smallest absolute Gasteiger partial charge is 0.338 e. The standard InChI is InChI=1S/C25H28N2O7S/c1-2-33-24(29)19-10-13-26(14-11-19)23(28)17-34-25(30)20-7-5-8-21(16-20)35(31,32)27-15-12-18-6-3-4-9-22(18)27/h3-9,16,19H,2,10-15,17H2,1H3. The van der Waals surface area contributed by atoms with Crippen LogP contribution in [-0.2, 0) is 35.5 Å². The van der Waals surface area contributed by atoms with Gasteiger partial charge in [-0.3, -0.25) is 13.9 Å². The maximum absolute atomic E-state index is 13.2. The number of piperidine rings is 1. The highest BCUT2D eigenvalue weighted by Crippen LogP contribution is 2.32. The van der Waals surface area contributed by atoms with E-state index in [9.17, 15) is 22.8 Å². The first kappa shape index (κ1) is 24.7. The molecule has 10 heteroatoms. The zero-order chi connectivity index (χ0) is 25.0. The molecule has 2 aliphatic rings. The normalized spacial score (nSPS) is 16.0. The number of anilines is 1. The molecular weight excluding hydrogens is 472 g/mol. The predicted molar refractivity (Wildman–Crippen MR) is 127 cm³/mol. The molecule has 0 radical (unpaired) electrons. The highest BCUT2D eigenvalue weighted by molar-refractivity contribution is 7.92. The number of carbonyl (C=O) groups is 3. The van der Waals surface area contributed by atoms with Gasteiger partial charge in [0.1, 0.15) is 0 Å². The van der Waals surface area contributed by atoms with Gasteiger partial charge in [-0.15, -0.1) is 0 Å². The van der Waals surface area contributed by atoms with Gasteiger partial charge in [0.2, 0.25) is 0 Å². The van der Waals surface area contributed by atoms with E-state index < -0.39 is 22.6 Å². The molecule has 0 bridgehead atoms. The lowest BCUT2D eigenvalue weighted by molar-refractivity contribution is -0.151. The summed E-state index contributed by atoms with van der Waals surface area (Å²) in [6.45, 7) is 2.70. The lowest BCUT2D eigenvalue weighted by Gasteiger charge is -2.30. The number of hydrogen-bond donors (Lipinski definition) is 0. The Morgan fingerprint density at radius 3 is 2.46 bits per heavy atom. The molecule has 0 aliphatic carbocycles. The minimum Gasteiger partial charge on any atom is -0.466 e. The molecule has 2 aromatic carbocycles. The molecule has 4 rings (SSSR count). The zero-order valence-electron chi connectivity index (χ0n) is 19.5. The SMILES string of the molecule is CCOC(=O)C1CCN(C(=O)COC(=O)c2cccc(S(=O)(=O)N3CCc4ccccc43)c2)CC1. The number of nitrogens with zero attached hydrogens (tertiary/aromatic N) is 2. The molecule has 1 amide bonds. The van der Waals surface area contributed by atoms with Gasteiger partial charge in [-0.05, 0) is 56.0 Å². The third-order valence-electron chi connectivity index (χ3n) is 6.30. The molecule has 2 heterocycles. The summed E-state index contributed by atoms with van der Waals surface area (Å²) in [5.41, 5.74) is 1.64. The second-order valence-electron chi connectivity index (χ2n) is 8.47. The number of esters is 2. The van der Waals surface area contributed by atoms with Gasteiger partial charge in [-0.2, -0.15) is 0 Å². The van der Waals surface area contributed by atoms with Crippen molar-refractivity contribution in [2.24, 2.45) is 5.92 Å². The molecule has 1 fully saturated rings. The van der Waals surface area contributed by atoms with E-state index >= 15 is 0 Å². The van der Waals surface area contributed by atoms with Gasteiger partial charge in [0.25, 0.3) is 15.9 Å². The van der Waals surface area contributed by atoms with Crippen molar-refractivity contribution in [2.45, 2.75) is 31.1 Å². The predicted octanol–water partition coefficient (Wildman–Crippen LogP) is 2.40. The Kier molecular flexibility index (Phi) is 7.39. The summed E-state index contributed by atoms with van der Waals surface area (Å²) in [6.07, 6.45) is 1.62. The van der Waals surface area contributed by atoms with Crippen LogP contribution in [0, 0.1) is 5.92 Å². The summed E-state index contributed by atoms with van der Waals surface area (Å²) in [7, 11) is -3.86. The van der Waals surface area contributed by atoms with E-state index in [-0.39, 0.29) is 28.3 Å². The van der Waals surface area contributed by atoms with Crippen LogP contribution in [0.2, 0.25) is 0 Å². The van der Waals surface area contributed by atoms with Crippen molar-refractivity contribution in [3.63, 3.8) is 0 Å². The van der Waals surface area contributed by atoms with E-state index in [1.54, 1.807) is 24.0 Å². The number of likely N-dealkylation sites (tertiary alicyclic amines) is 1. The molecule has 0 unspecified atom stereocenters. The average molecular weight is 501 g/mol. The average Bonchev–Trinajstić information content (AvgIpc) is 3.32. The maximum Gasteiger partial charge on any atom is 0.338 e.